The van der Waals surface area contributed by atoms with Crippen LogP contribution < -0.4 is 16.0 Å². The van der Waals surface area contributed by atoms with Gasteiger partial charge in [0.25, 0.3) is 0 Å². The minimum Gasteiger partial charge on any atom is -0.495 e. The third-order valence-electron chi connectivity index (χ3n) is 3.14. The van der Waals surface area contributed by atoms with Gasteiger partial charge in [-0.25, -0.2) is 9.94 Å². The molecule has 0 spiro atoms. The summed E-state index contributed by atoms with van der Waals surface area (Å²) in [6.45, 7) is 0. The van der Waals surface area contributed by atoms with Crippen molar-refractivity contribution < 1.29 is 4.74 Å². The lowest BCUT2D eigenvalue weighted by Crippen LogP contribution is -2.28. The Bertz CT molecular complexity index is 725. The number of hydrogen-bond acceptors (Lipinski definition) is 6. The van der Waals surface area contributed by atoms with E-state index in [9.17, 15) is 0 Å². The molecular weight excluding hydrogens is 256 g/mol. The molecule has 3 heterocycles. The van der Waals surface area contributed by atoms with Gasteiger partial charge in [-0.3, -0.25) is 15.8 Å². The molecule has 20 heavy (non-hydrogen) atoms. The third kappa shape index (κ3) is 2.09. The molecule has 0 radical (unpaired) electrons. The molecule has 3 aromatic heterocycles. The summed E-state index contributed by atoms with van der Waals surface area (Å²) in [5.74, 6) is 6.38. The molecule has 0 saturated carbocycles. The van der Waals surface area contributed by atoms with Gasteiger partial charge in [0.1, 0.15) is 5.75 Å². The van der Waals surface area contributed by atoms with Gasteiger partial charge in [0.05, 0.1) is 37.3 Å². The fourth-order valence-corrected chi connectivity index (χ4v) is 2.15. The molecule has 7 heteroatoms. The third-order valence-corrected chi connectivity index (χ3v) is 3.14. The summed E-state index contributed by atoms with van der Waals surface area (Å²) < 4.78 is 6.94. The van der Waals surface area contributed by atoms with Crippen molar-refractivity contribution in [2.75, 3.05) is 7.11 Å². The molecule has 0 aliphatic heterocycles. The van der Waals surface area contributed by atoms with Gasteiger partial charge >= 0.3 is 0 Å². The van der Waals surface area contributed by atoms with Crippen molar-refractivity contribution in [3.05, 3.63) is 54.4 Å². The van der Waals surface area contributed by atoms with Crippen molar-refractivity contribution in [2.45, 2.75) is 6.04 Å². The van der Waals surface area contributed by atoms with Crippen LogP contribution in [-0.2, 0) is 0 Å². The Morgan fingerprint density at radius 2 is 2.15 bits per heavy atom. The normalized spacial score (nSPS) is 12.5. The van der Waals surface area contributed by atoms with E-state index < -0.39 is 0 Å². The van der Waals surface area contributed by atoms with Crippen molar-refractivity contribution in [1.29, 1.82) is 0 Å². The van der Waals surface area contributed by atoms with Crippen molar-refractivity contribution in [3.63, 3.8) is 0 Å². The van der Waals surface area contributed by atoms with E-state index in [1.807, 2.05) is 6.07 Å². The van der Waals surface area contributed by atoms with Crippen LogP contribution in [0.3, 0.4) is 0 Å². The summed E-state index contributed by atoms with van der Waals surface area (Å²) in [6, 6.07) is 1.65. The number of hydrazine groups is 1. The van der Waals surface area contributed by atoms with Crippen molar-refractivity contribution >= 4 is 5.52 Å². The van der Waals surface area contributed by atoms with E-state index in [0.717, 1.165) is 16.6 Å². The molecule has 0 aliphatic carbocycles. The highest BCUT2D eigenvalue weighted by Crippen LogP contribution is 2.26. The number of nitrogens with one attached hydrogen (secondary N) is 1. The Kier molecular flexibility index (Phi) is 3.28. The van der Waals surface area contributed by atoms with E-state index in [-0.39, 0.29) is 6.04 Å². The minimum atomic E-state index is -0.237. The standard InChI is InChI=1S/C13H14N6O/c1-20-10-4-9(5-16-6-10)13(18-14)11-7-17-19-3-2-15-8-12(11)19/h2-8,13,18H,14H2,1H3. The summed E-state index contributed by atoms with van der Waals surface area (Å²) in [4.78, 5) is 8.27. The van der Waals surface area contributed by atoms with Crippen LogP contribution in [0.25, 0.3) is 5.52 Å². The first kappa shape index (κ1) is 12.5. The average Bonchev–Trinajstić information content (AvgIpc) is 2.93. The first-order valence-electron chi connectivity index (χ1n) is 6.06. The van der Waals surface area contributed by atoms with Crippen LogP contribution in [0.2, 0.25) is 0 Å². The summed E-state index contributed by atoms with van der Waals surface area (Å²) >= 11 is 0. The number of nitrogens with two attached hydrogens (primary N) is 1. The average molecular weight is 270 g/mol. The van der Waals surface area contributed by atoms with Gasteiger partial charge in [0.15, 0.2) is 0 Å². The van der Waals surface area contributed by atoms with Crippen molar-refractivity contribution in [3.8, 4) is 5.75 Å². The largest absolute Gasteiger partial charge is 0.495 e. The smallest absolute Gasteiger partial charge is 0.137 e. The highest BCUT2D eigenvalue weighted by molar-refractivity contribution is 5.55. The minimum absolute atomic E-state index is 0.237. The molecule has 0 aliphatic rings. The molecular formula is C13H14N6O. The first-order chi connectivity index (χ1) is 9.83. The first-order valence-corrected chi connectivity index (χ1v) is 6.06. The monoisotopic (exact) mass is 270 g/mol. The van der Waals surface area contributed by atoms with E-state index in [1.165, 1.54) is 0 Å². The molecule has 1 atom stereocenters. The zero-order valence-corrected chi connectivity index (χ0v) is 10.9. The zero-order chi connectivity index (χ0) is 13.9. The molecule has 0 saturated heterocycles. The quantitative estimate of drug-likeness (QED) is 0.535. The van der Waals surface area contributed by atoms with Crippen LogP contribution in [0, 0.1) is 0 Å². The van der Waals surface area contributed by atoms with Gasteiger partial charge in [0.2, 0.25) is 0 Å². The Morgan fingerprint density at radius 3 is 2.95 bits per heavy atom. The molecule has 7 nitrogen and oxygen atoms in total. The van der Waals surface area contributed by atoms with Gasteiger partial charge < -0.3 is 4.74 Å². The molecule has 102 valence electrons. The van der Waals surface area contributed by atoms with Crippen molar-refractivity contribution in [2.24, 2.45) is 5.84 Å². The Morgan fingerprint density at radius 1 is 1.25 bits per heavy atom. The lowest BCUT2D eigenvalue weighted by molar-refractivity contribution is 0.411. The second-order valence-corrected chi connectivity index (χ2v) is 4.26. The van der Waals surface area contributed by atoms with Gasteiger partial charge in [-0.2, -0.15) is 5.10 Å². The topological polar surface area (TPSA) is 90.4 Å². The number of aromatic nitrogens is 4. The van der Waals surface area contributed by atoms with Crippen LogP contribution in [0.5, 0.6) is 5.75 Å². The van der Waals surface area contributed by atoms with E-state index in [1.54, 1.807) is 48.8 Å². The van der Waals surface area contributed by atoms with Crippen LogP contribution in [0.1, 0.15) is 17.2 Å². The number of ether oxygens (including phenoxy) is 1. The van der Waals surface area contributed by atoms with E-state index in [2.05, 4.69) is 20.5 Å². The SMILES string of the molecule is COc1cncc(C(NN)c2cnn3ccncc23)c1. The number of rotatable bonds is 4. The van der Waals surface area contributed by atoms with Crippen LogP contribution >= 0.6 is 0 Å². The fraction of sp³-hybridized carbons (Fsp3) is 0.154. The maximum atomic E-state index is 5.70. The Hall–Kier alpha value is -2.51. The van der Waals surface area contributed by atoms with Gasteiger partial charge in [0, 0.05) is 24.2 Å². The van der Waals surface area contributed by atoms with E-state index in [0.29, 0.717) is 5.75 Å². The predicted molar refractivity (Wildman–Crippen MR) is 72.9 cm³/mol. The number of fused-ring (bicyclic) bond motifs is 1. The molecule has 3 N–H and O–H groups in total. The van der Waals surface area contributed by atoms with Crippen LogP contribution in [-0.4, -0.2) is 26.7 Å². The summed E-state index contributed by atoms with van der Waals surface area (Å²) in [6.07, 6.45) is 10.4. The maximum Gasteiger partial charge on any atom is 0.137 e. The molecule has 1 unspecified atom stereocenters. The maximum absolute atomic E-state index is 5.70. The summed E-state index contributed by atoms with van der Waals surface area (Å²) in [5.41, 5.74) is 5.50. The number of methoxy groups -OCH3 is 1. The molecule has 3 aromatic rings. The van der Waals surface area contributed by atoms with Gasteiger partial charge in [-0.05, 0) is 11.6 Å². The number of nitrogens with zero attached hydrogens (tertiary/aromatic N) is 4. The fourth-order valence-electron chi connectivity index (χ4n) is 2.15. The highest BCUT2D eigenvalue weighted by atomic mass is 16.5. The highest BCUT2D eigenvalue weighted by Gasteiger charge is 2.18. The van der Waals surface area contributed by atoms with Crippen LogP contribution in [0.4, 0.5) is 0 Å². The zero-order valence-electron chi connectivity index (χ0n) is 10.9. The van der Waals surface area contributed by atoms with Crippen LogP contribution in [0.15, 0.2) is 43.2 Å². The van der Waals surface area contributed by atoms with E-state index in [4.69, 9.17) is 10.6 Å². The molecule has 0 aromatic carbocycles. The molecule has 0 amide bonds. The lowest BCUT2D eigenvalue weighted by Gasteiger charge is -2.15. The molecule has 0 fully saturated rings. The number of pyridine rings is 1. The number of hydrogen-bond donors (Lipinski definition) is 2. The lowest BCUT2D eigenvalue weighted by atomic mass is 10.0. The van der Waals surface area contributed by atoms with Crippen molar-refractivity contribution in [1.82, 2.24) is 25.0 Å². The Labute approximate surface area is 115 Å². The van der Waals surface area contributed by atoms with Gasteiger partial charge in [-0.15, -0.1) is 0 Å². The predicted octanol–water partition coefficient (Wildman–Crippen LogP) is 0.686. The molecule has 3 rings (SSSR count). The van der Waals surface area contributed by atoms with Gasteiger partial charge in [-0.1, -0.05) is 0 Å². The Balaban J connectivity index is 2.09. The second-order valence-electron chi connectivity index (χ2n) is 4.26. The van der Waals surface area contributed by atoms with E-state index >= 15 is 0 Å². The summed E-state index contributed by atoms with van der Waals surface area (Å²) in [7, 11) is 1.60. The second kappa shape index (κ2) is 5.24. The summed E-state index contributed by atoms with van der Waals surface area (Å²) in [5, 5.41) is 4.29. The molecule has 0 bridgehead atoms.